The SMILES string of the molecule is COc1cc(C2CC(=O)Nc3nc(N)sc32)ccc1OCc1ccccc1Cl. The molecule has 4 rings (SSSR count). The van der Waals surface area contributed by atoms with Crippen molar-refractivity contribution in [3.05, 3.63) is 63.5 Å². The van der Waals surface area contributed by atoms with Gasteiger partial charge in [0.25, 0.3) is 0 Å². The summed E-state index contributed by atoms with van der Waals surface area (Å²) in [6.07, 6.45) is 0.331. The summed E-state index contributed by atoms with van der Waals surface area (Å²) in [7, 11) is 1.59. The van der Waals surface area contributed by atoms with Gasteiger partial charge in [0, 0.05) is 22.9 Å². The Kier molecular flexibility index (Phi) is 5.11. The van der Waals surface area contributed by atoms with E-state index in [0.717, 1.165) is 16.0 Å². The van der Waals surface area contributed by atoms with Gasteiger partial charge in [0.05, 0.1) is 12.0 Å². The molecule has 0 saturated heterocycles. The van der Waals surface area contributed by atoms with Crippen LogP contribution in [0.4, 0.5) is 10.9 Å². The van der Waals surface area contributed by atoms with Crippen molar-refractivity contribution in [3.8, 4) is 11.5 Å². The topological polar surface area (TPSA) is 86.5 Å². The summed E-state index contributed by atoms with van der Waals surface area (Å²) < 4.78 is 11.4. The average Bonchev–Trinajstić information content (AvgIpc) is 3.06. The normalized spacial score (nSPS) is 15.6. The van der Waals surface area contributed by atoms with Crippen molar-refractivity contribution in [2.45, 2.75) is 18.9 Å². The number of nitrogen functional groups attached to an aromatic ring is 1. The van der Waals surface area contributed by atoms with Gasteiger partial charge in [-0.2, -0.15) is 0 Å². The molecule has 2 heterocycles. The maximum Gasteiger partial charge on any atom is 0.226 e. The molecule has 2 aromatic carbocycles. The van der Waals surface area contributed by atoms with Gasteiger partial charge in [0.15, 0.2) is 16.6 Å². The van der Waals surface area contributed by atoms with Gasteiger partial charge in [0.1, 0.15) is 12.4 Å². The fraction of sp³-hybridized carbons (Fsp3) is 0.200. The third-order valence-electron chi connectivity index (χ3n) is 4.56. The molecule has 3 N–H and O–H groups in total. The number of hydrogen-bond acceptors (Lipinski definition) is 6. The Hall–Kier alpha value is -2.77. The van der Waals surface area contributed by atoms with Crippen molar-refractivity contribution in [3.63, 3.8) is 0 Å². The van der Waals surface area contributed by atoms with Gasteiger partial charge >= 0.3 is 0 Å². The largest absolute Gasteiger partial charge is 0.493 e. The summed E-state index contributed by atoms with van der Waals surface area (Å²) in [6.45, 7) is 0.330. The summed E-state index contributed by atoms with van der Waals surface area (Å²) in [4.78, 5) is 17.2. The van der Waals surface area contributed by atoms with Crippen LogP contribution in [0.2, 0.25) is 5.02 Å². The van der Waals surface area contributed by atoms with Crippen molar-refractivity contribution < 1.29 is 14.3 Å². The molecule has 0 saturated carbocycles. The van der Waals surface area contributed by atoms with E-state index in [1.807, 2.05) is 42.5 Å². The van der Waals surface area contributed by atoms with Crippen LogP contribution in [0.1, 0.15) is 28.3 Å². The molecule has 6 nitrogen and oxygen atoms in total. The van der Waals surface area contributed by atoms with Gasteiger partial charge in [-0.05, 0) is 23.8 Å². The smallest absolute Gasteiger partial charge is 0.226 e. The van der Waals surface area contributed by atoms with Gasteiger partial charge in [-0.1, -0.05) is 47.2 Å². The number of nitrogens with one attached hydrogen (secondary N) is 1. The summed E-state index contributed by atoms with van der Waals surface area (Å²) in [6, 6.07) is 13.2. The molecule has 1 atom stereocenters. The first-order chi connectivity index (χ1) is 13.5. The number of fused-ring (bicyclic) bond motifs is 1. The molecular formula is C20H18ClN3O3S. The number of amides is 1. The Morgan fingerprint density at radius 3 is 2.89 bits per heavy atom. The highest BCUT2D eigenvalue weighted by atomic mass is 35.5. The van der Waals surface area contributed by atoms with Crippen LogP contribution in [-0.2, 0) is 11.4 Å². The van der Waals surface area contributed by atoms with E-state index in [4.69, 9.17) is 26.8 Å². The number of ether oxygens (including phenoxy) is 2. The Balaban J connectivity index is 1.61. The lowest BCUT2D eigenvalue weighted by molar-refractivity contribution is -0.116. The molecule has 0 aliphatic carbocycles. The zero-order valence-electron chi connectivity index (χ0n) is 15.1. The Morgan fingerprint density at radius 1 is 1.29 bits per heavy atom. The van der Waals surface area contributed by atoms with E-state index in [2.05, 4.69) is 10.3 Å². The number of nitrogens with zero attached hydrogens (tertiary/aromatic N) is 1. The molecule has 3 aromatic rings. The lowest BCUT2D eigenvalue weighted by Crippen LogP contribution is -2.22. The maximum atomic E-state index is 12.1. The number of aromatic nitrogens is 1. The van der Waals surface area contributed by atoms with Gasteiger partial charge in [-0.3, -0.25) is 4.79 Å². The predicted molar refractivity (Wildman–Crippen MR) is 110 cm³/mol. The summed E-state index contributed by atoms with van der Waals surface area (Å²) >= 11 is 7.58. The minimum Gasteiger partial charge on any atom is -0.493 e. The second-order valence-electron chi connectivity index (χ2n) is 6.36. The third-order valence-corrected chi connectivity index (χ3v) is 5.93. The van der Waals surface area contributed by atoms with Crippen LogP contribution in [0, 0.1) is 0 Å². The minimum absolute atomic E-state index is 0.0826. The zero-order chi connectivity index (χ0) is 19.7. The van der Waals surface area contributed by atoms with Gasteiger partial charge in [-0.15, -0.1) is 0 Å². The summed E-state index contributed by atoms with van der Waals surface area (Å²) in [5.74, 6) is 1.54. The second-order valence-corrected chi connectivity index (χ2v) is 7.83. The number of thiazole rings is 1. The highest BCUT2D eigenvalue weighted by Crippen LogP contribution is 2.43. The van der Waals surface area contributed by atoms with E-state index in [1.54, 1.807) is 7.11 Å². The van der Waals surface area contributed by atoms with Crippen molar-refractivity contribution in [1.82, 2.24) is 4.98 Å². The molecule has 0 radical (unpaired) electrons. The first-order valence-corrected chi connectivity index (χ1v) is 9.84. The molecule has 0 fully saturated rings. The van der Waals surface area contributed by atoms with Crippen LogP contribution < -0.4 is 20.5 Å². The van der Waals surface area contributed by atoms with Crippen LogP contribution in [-0.4, -0.2) is 18.0 Å². The molecule has 0 bridgehead atoms. The first kappa shape index (κ1) is 18.6. The fourth-order valence-electron chi connectivity index (χ4n) is 3.20. The lowest BCUT2D eigenvalue weighted by Gasteiger charge is -2.22. The summed E-state index contributed by atoms with van der Waals surface area (Å²) in [5, 5.41) is 3.86. The lowest BCUT2D eigenvalue weighted by atomic mass is 9.91. The van der Waals surface area contributed by atoms with Crippen LogP contribution in [0.5, 0.6) is 11.5 Å². The number of hydrogen-bond donors (Lipinski definition) is 2. The van der Waals surface area contributed by atoms with Gasteiger partial charge in [-0.25, -0.2) is 4.98 Å². The number of anilines is 2. The molecule has 0 spiro atoms. The van der Waals surface area contributed by atoms with Crippen LogP contribution >= 0.6 is 22.9 Å². The van der Waals surface area contributed by atoms with Crippen LogP contribution in [0.3, 0.4) is 0 Å². The molecule has 8 heteroatoms. The average molecular weight is 416 g/mol. The summed E-state index contributed by atoms with van der Waals surface area (Å²) in [5.41, 5.74) is 7.67. The Bertz CT molecular complexity index is 1040. The molecule has 1 aromatic heterocycles. The quantitative estimate of drug-likeness (QED) is 0.643. The van der Waals surface area contributed by atoms with Gasteiger partial charge < -0.3 is 20.5 Å². The molecule has 1 amide bonds. The highest BCUT2D eigenvalue weighted by molar-refractivity contribution is 7.16. The minimum atomic E-state index is -0.120. The number of carbonyl (C=O) groups excluding carboxylic acids is 1. The standard InChI is InChI=1S/C20H18ClN3O3S/c1-26-16-8-11(13-9-17(25)23-19-18(13)28-20(22)24-19)6-7-15(16)27-10-12-4-2-3-5-14(12)21/h2-8,13H,9-10H2,1H3,(H2,22,24)(H,23,25). The predicted octanol–water partition coefficient (Wildman–Crippen LogP) is 4.44. The number of benzene rings is 2. The number of methoxy groups -OCH3 is 1. The van der Waals surface area contributed by atoms with E-state index in [9.17, 15) is 4.79 Å². The van der Waals surface area contributed by atoms with Gasteiger partial charge in [0.2, 0.25) is 5.91 Å². The van der Waals surface area contributed by atoms with Crippen LogP contribution in [0.15, 0.2) is 42.5 Å². The molecule has 144 valence electrons. The van der Waals surface area contributed by atoms with E-state index < -0.39 is 0 Å². The second kappa shape index (κ2) is 7.69. The first-order valence-electron chi connectivity index (χ1n) is 8.65. The van der Waals surface area contributed by atoms with E-state index in [1.165, 1.54) is 11.3 Å². The number of rotatable bonds is 5. The van der Waals surface area contributed by atoms with Crippen LogP contribution in [0.25, 0.3) is 0 Å². The van der Waals surface area contributed by atoms with E-state index in [0.29, 0.717) is 40.5 Å². The number of carbonyl (C=O) groups is 1. The van der Waals surface area contributed by atoms with E-state index in [-0.39, 0.29) is 11.8 Å². The van der Waals surface area contributed by atoms with Crippen molar-refractivity contribution in [2.75, 3.05) is 18.2 Å². The fourth-order valence-corrected chi connectivity index (χ4v) is 4.30. The monoisotopic (exact) mass is 415 g/mol. The van der Waals surface area contributed by atoms with Crippen molar-refractivity contribution >= 4 is 39.8 Å². The Labute approximate surface area is 171 Å². The molecule has 1 unspecified atom stereocenters. The number of halogens is 1. The Morgan fingerprint density at radius 2 is 2.11 bits per heavy atom. The zero-order valence-corrected chi connectivity index (χ0v) is 16.6. The molecule has 28 heavy (non-hydrogen) atoms. The maximum absolute atomic E-state index is 12.1. The molecule has 1 aliphatic rings. The van der Waals surface area contributed by atoms with E-state index >= 15 is 0 Å². The number of nitrogens with two attached hydrogens (primary N) is 1. The van der Waals surface area contributed by atoms with Crippen molar-refractivity contribution in [2.24, 2.45) is 0 Å². The molecule has 1 aliphatic heterocycles. The molecular weight excluding hydrogens is 398 g/mol. The third kappa shape index (κ3) is 3.63. The highest BCUT2D eigenvalue weighted by Gasteiger charge is 2.30. The van der Waals surface area contributed by atoms with Crippen molar-refractivity contribution in [1.29, 1.82) is 0 Å².